The highest BCUT2D eigenvalue weighted by Crippen LogP contribution is 2.34. The lowest BCUT2D eigenvalue weighted by atomic mass is 9.91. The predicted octanol–water partition coefficient (Wildman–Crippen LogP) is 3.58. The SMILES string of the molecule is CCCC(CC(=O)NCC(=O)Nc1ccc2c(c1)OCO2)c1ccc(F)cc1. The summed E-state index contributed by atoms with van der Waals surface area (Å²) in [5, 5.41) is 5.36. The van der Waals surface area contributed by atoms with Gasteiger partial charge in [-0.15, -0.1) is 0 Å². The average molecular weight is 386 g/mol. The molecule has 3 rings (SSSR count). The molecule has 28 heavy (non-hydrogen) atoms. The summed E-state index contributed by atoms with van der Waals surface area (Å²) in [6, 6.07) is 11.3. The third kappa shape index (κ3) is 5.22. The Balaban J connectivity index is 1.49. The molecule has 0 radical (unpaired) electrons. The van der Waals surface area contributed by atoms with E-state index in [1.165, 1.54) is 12.1 Å². The van der Waals surface area contributed by atoms with Crippen molar-refractivity contribution in [1.29, 1.82) is 0 Å². The van der Waals surface area contributed by atoms with Crippen LogP contribution in [0, 0.1) is 5.82 Å². The molecule has 0 fully saturated rings. The number of ether oxygens (including phenoxy) is 2. The van der Waals surface area contributed by atoms with Gasteiger partial charge in [-0.3, -0.25) is 9.59 Å². The summed E-state index contributed by atoms with van der Waals surface area (Å²) < 4.78 is 23.6. The molecule has 2 aromatic carbocycles. The lowest BCUT2D eigenvalue weighted by Crippen LogP contribution is -2.33. The summed E-state index contributed by atoms with van der Waals surface area (Å²) in [7, 11) is 0. The largest absolute Gasteiger partial charge is 0.454 e. The molecule has 0 saturated carbocycles. The van der Waals surface area contributed by atoms with Crippen molar-refractivity contribution in [3.8, 4) is 11.5 Å². The maximum atomic E-state index is 13.1. The predicted molar refractivity (Wildman–Crippen MR) is 103 cm³/mol. The van der Waals surface area contributed by atoms with Crippen LogP contribution in [0.5, 0.6) is 11.5 Å². The number of nitrogens with one attached hydrogen (secondary N) is 2. The Morgan fingerprint density at radius 1 is 1.07 bits per heavy atom. The summed E-state index contributed by atoms with van der Waals surface area (Å²) in [5.41, 5.74) is 1.49. The van der Waals surface area contributed by atoms with Gasteiger partial charge >= 0.3 is 0 Å². The molecule has 7 heteroatoms. The molecule has 1 heterocycles. The minimum Gasteiger partial charge on any atom is -0.454 e. The second-order valence-corrected chi connectivity index (χ2v) is 6.63. The molecule has 0 spiro atoms. The zero-order valence-corrected chi connectivity index (χ0v) is 15.7. The number of halogens is 1. The van der Waals surface area contributed by atoms with E-state index < -0.39 is 0 Å². The third-order valence-corrected chi connectivity index (χ3v) is 4.51. The number of benzene rings is 2. The standard InChI is InChI=1S/C21H23FN2O4/c1-2-3-15(14-4-6-16(22)7-5-14)10-20(25)23-12-21(26)24-17-8-9-18-19(11-17)28-13-27-18/h4-9,11,15H,2-3,10,12-13H2,1H3,(H,23,25)(H,24,26). The number of anilines is 1. The summed E-state index contributed by atoms with van der Waals surface area (Å²) in [4.78, 5) is 24.4. The first-order chi connectivity index (χ1) is 13.5. The van der Waals surface area contributed by atoms with Crippen LogP contribution in [0.3, 0.4) is 0 Å². The second-order valence-electron chi connectivity index (χ2n) is 6.63. The van der Waals surface area contributed by atoms with Crippen LogP contribution < -0.4 is 20.1 Å². The van der Waals surface area contributed by atoms with Gasteiger partial charge in [0.25, 0.3) is 0 Å². The van der Waals surface area contributed by atoms with Gasteiger partial charge in [0.15, 0.2) is 11.5 Å². The van der Waals surface area contributed by atoms with Gasteiger partial charge in [-0.05, 0) is 42.2 Å². The first kappa shape index (κ1) is 19.7. The van der Waals surface area contributed by atoms with Crippen LogP contribution in [-0.2, 0) is 9.59 Å². The number of carbonyl (C=O) groups excluding carboxylic acids is 2. The Labute approximate surface area is 163 Å². The summed E-state index contributed by atoms with van der Waals surface area (Å²) in [5.74, 6) is 0.341. The van der Waals surface area contributed by atoms with E-state index in [-0.39, 0.29) is 43.3 Å². The molecular weight excluding hydrogens is 363 g/mol. The fraction of sp³-hybridized carbons (Fsp3) is 0.333. The number of rotatable bonds is 8. The maximum Gasteiger partial charge on any atom is 0.243 e. The summed E-state index contributed by atoms with van der Waals surface area (Å²) >= 11 is 0. The lowest BCUT2D eigenvalue weighted by Gasteiger charge is -2.16. The second kappa shape index (κ2) is 9.21. The van der Waals surface area contributed by atoms with Gasteiger partial charge < -0.3 is 20.1 Å². The number of hydrogen-bond donors (Lipinski definition) is 2. The monoisotopic (exact) mass is 386 g/mol. The van der Waals surface area contributed by atoms with Crippen molar-refractivity contribution in [3.05, 3.63) is 53.8 Å². The van der Waals surface area contributed by atoms with E-state index in [1.54, 1.807) is 30.3 Å². The van der Waals surface area contributed by atoms with Gasteiger partial charge in [-0.1, -0.05) is 25.5 Å². The van der Waals surface area contributed by atoms with Crippen LogP contribution in [0.15, 0.2) is 42.5 Å². The molecule has 0 bridgehead atoms. The van der Waals surface area contributed by atoms with Crippen molar-refractivity contribution in [2.75, 3.05) is 18.7 Å². The van der Waals surface area contributed by atoms with Crippen LogP contribution in [0.25, 0.3) is 0 Å². The molecule has 6 nitrogen and oxygen atoms in total. The highest BCUT2D eigenvalue weighted by Gasteiger charge is 2.17. The molecule has 2 aromatic rings. The van der Waals surface area contributed by atoms with Crippen molar-refractivity contribution in [1.82, 2.24) is 5.32 Å². The van der Waals surface area contributed by atoms with Crippen LogP contribution >= 0.6 is 0 Å². The fourth-order valence-electron chi connectivity index (χ4n) is 3.12. The topological polar surface area (TPSA) is 76.7 Å². The summed E-state index contributed by atoms with van der Waals surface area (Å²) in [6.45, 7) is 2.07. The van der Waals surface area contributed by atoms with Crippen molar-refractivity contribution in [3.63, 3.8) is 0 Å². The first-order valence-corrected chi connectivity index (χ1v) is 9.27. The number of carbonyl (C=O) groups is 2. The molecule has 2 N–H and O–H groups in total. The minimum atomic E-state index is -0.332. The van der Waals surface area contributed by atoms with Gasteiger partial charge in [-0.25, -0.2) is 4.39 Å². The van der Waals surface area contributed by atoms with Crippen molar-refractivity contribution < 1.29 is 23.5 Å². The van der Waals surface area contributed by atoms with E-state index in [2.05, 4.69) is 10.6 Å². The van der Waals surface area contributed by atoms with E-state index in [0.717, 1.165) is 18.4 Å². The smallest absolute Gasteiger partial charge is 0.243 e. The Bertz CT molecular complexity index is 839. The molecule has 1 aliphatic heterocycles. The molecule has 1 atom stereocenters. The fourth-order valence-corrected chi connectivity index (χ4v) is 3.12. The van der Waals surface area contributed by atoms with Crippen molar-refractivity contribution in [2.24, 2.45) is 0 Å². The van der Waals surface area contributed by atoms with E-state index in [4.69, 9.17) is 9.47 Å². The zero-order chi connectivity index (χ0) is 19.9. The van der Waals surface area contributed by atoms with Crippen LogP contribution in [0.1, 0.15) is 37.7 Å². The van der Waals surface area contributed by atoms with Crippen molar-refractivity contribution >= 4 is 17.5 Å². The van der Waals surface area contributed by atoms with Crippen molar-refractivity contribution in [2.45, 2.75) is 32.1 Å². The molecule has 2 amide bonds. The van der Waals surface area contributed by atoms with E-state index in [9.17, 15) is 14.0 Å². The Morgan fingerprint density at radius 3 is 2.57 bits per heavy atom. The quantitative estimate of drug-likeness (QED) is 0.727. The van der Waals surface area contributed by atoms with Gasteiger partial charge in [0.1, 0.15) is 5.82 Å². The van der Waals surface area contributed by atoms with Crippen LogP contribution in [0.2, 0.25) is 0 Å². The highest BCUT2D eigenvalue weighted by molar-refractivity contribution is 5.94. The third-order valence-electron chi connectivity index (χ3n) is 4.51. The number of amides is 2. The molecule has 148 valence electrons. The molecule has 0 saturated heterocycles. The molecule has 0 aliphatic carbocycles. The molecule has 1 aliphatic rings. The van der Waals surface area contributed by atoms with Gasteiger partial charge in [0.05, 0.1) is 6.54 Å². The average Bonchev–Trinajstić information content (AvgIpc) is 3.14. The van der Waals surface area contributed by atoms with Gasteiger partial charge in [0, 0.05) is 18.2 Å². The van der Waals surface area contributed by atoms with E-state index in [0.29, 0.717) is 17.2 Å². The summed E-state index contributed by atoms with van der Waals surface area (Å²) in [6.07, 6.45) is 1.96. The first-order valence-electron chi connectivity index (χ1n) is 9.27. The molecule has 1 unspecified atom stereocenters. The van der Waals surface area contributed by atoms with Gasteiger partial charge in [0.2, 0.25) is 18.6 Å². The highest BCUT2D eigenvalue weighted by atomic mass is 19.1. The van der Waals surface area contributed by atoms with Gasteiger partial charge in [-0.2, -0.15) is 0 Å². The maximum absolute atomic E-state index is 13.1. The normalized spacial score (nSPS) is 13.1. The lowest BCUT2D eigenvalue weighted by molar-refractivity contribution is -0.124. The zero-order valence-electron chi connectivity index (χ0n) is 15.7. The number of fused-ring (bicyclic) bond motifs is 1. The molecular formula is C21H23FN2O4. The number of hydrogen-bond acceptors (Lipinski definition) is 4. The Morgan fingerprint density at radius 2 is 1.82 bits per heavy atom. The Hall–Kier alpha value is -3.09. The Kier molecular flexibility index (Phi) is 6.47. The van der Waals surface area contributed by atoms with E-state index in [1.807, 2.05) is 6.92 Å². The minimum absolute atomic E-state index is 0.0116. The van der Waals surface area contributed by atoms with Crippen LogP contribution in [-0.4, -0.2) is 25.2 Å². The molecule has 0 aromatic heterocycles. The van der Waals surface area contributed by atoms with Crippen LogP contribution in [0.4, 0.5) is 10.1 Å². The van der Waals surface area contributed by atoms with E-state index >= 15 is 0 Å².